The first-order chi connectivity index (χ1) is 60.1. The second kappa shape index (κ2) is 18.2. The smallest absolute Gasteiger partial charge is 0.136 e. The molecule has 0 unspecified atom stereocenters. The fourth-order valence-electron chi connectivity index (χ4n) is 11.3. The van der Waals surface area contributed by atoms with E-state index >= 15 is 0 Å². The zero-order valence-corrected chi connectivity index (χ0v) is 42.3. The molecule has 18 rings (SSSR count). The molecule has 0 N–H and O–H groups in total. The Balaban J connectivity index is 0.000000181. The third kappa shape index (κ3) is 7.03. The molecule has 0 radical (unpaired) electrons. The summed E-state index contributed by atoms with van der Waals surface area (Å²) in [5.41, 5.74) is -8.80. The molecule has 0 bridgehead atoms. The number of furan rings is 2. The van der Waals surface area contributed by atoms with Gasteiger partial charge in [-0.1, -0.05) is 262 Å². The maximum atomic E-state index is 9.87. The van der Waals surface area contributed by atoms with Gasteiger partial charge in [0.2, 0.25) is 0 Å². The van der Waals surface area contributed by atoms with Crippen LogP contribution in [0.4, 0.5) is 0 Å². The molecule has 83 heavy (non-hydrogen) atoms. The molecule has 15 aromatic carbocycles. The van der Waals surface area contributed by atoms with Gasteiger partial charge in [-0.2, -0.15) is 0 Å². The summed E-state index contributed by atoms with van der Waals surface area (Å²) in [5.74, 6) is 0. The highest BCUT2D eigenvalue weighted by Crippen LogP contribution is 2.53. The van der Waals surface area contributed by atoms with Crippen molar-refractivity contribution in [2.75, 3.05) is 0 Å². The van der Waals surface area contributed by atoms with Gasteiger partial charge in [0.1, 0.15) is 22.3 Å². The quantitative estimate of drug-likeness (QED) is 0.130. The van der Waals surface area contributed by atoms with Gasteiger partial charge in [0.25, 0.3) is 0 Å². The van der Waals surface area contributed by atoms with E-state index in [1.54, 1.807) is 13.8 Å². The fourth-order valence-corrected chi connectivity index (χ4v) is 11.3. The van der Waals surface area contributed by atoms with Crippen LogP contribution in [0.2, 0.25) is 0 Å². The van der Waals surface area contributed by atoms with Crippen LogP contribution in [0.5, 0.6) is 0 Å². The van der Waals surface area contributed by atoms with Crippen molar-refractivity contribution in [3.63, 3.8) is 0 Å². The lowest BCUT2D eigenvalue weighted by atomic mass is 9.80. The lowest BCUT2D eigenvalue weighted by Crippen LogP contribution is -2.14. The van der Waals surface area contributed by atoms with Crippen LogP contribution in [0.3, 0.4) is 0 Å². The Morgan fingerprint density at radius 2 is 0.627 bits per heavy atom. The Morgan fingerprint density at radius 1 is 0.253 bits per heavy atom. The zero-order chi connectivity index (χ0) is 94.9. The predicted molar refractivity (Wildman–Crippen MR) is 352 cm³/mol. The lowest BCUT2D eigenvalue weighted by Gasteiger charge is -2.23. The summed E-state index contributed by atoms with van der Waals surface area (Å²) in [6.45, 7) is 3.08. The van der Waals surface area contributed by atoms with Crippen LogP contribution in [-0.2, 0) is 5.41 Å². The van der Waals surface area contributed by atoms with E-state index in [1.165, 1.54) is 0 Å². The van der Waals surface area contributed by atoms with Gasteiger partial charge in [0.15, 0.2) is 0 Å². The molecule has 2 heterocycles. The maximum Gasteiger partial charge on any atom is 0.136 e. The van der Waals surface area contributed by atoms with Crippen LogP contribution in [-0.4, -0.2) is 0 Å². The Labute approximate surface area is 544 Å². The first-order valence-electron chi connectivity index (χ1n) is 48.1. The van der Waals surface area contributed by atoms with Crippen molar-refractivity contribution in [3.8, 4) is 55.6 Å². The average molecular weight is 1100 g/mol. The SMILES string of the molecule is [2H]c1c([2H])c([2H])c2c(c1[2H])-c1c([2H])c([2H])c(-c3c4c([2H])c([2H])c([2H])c([2H])c4c(-c4c([2H])c([2H])c([2H])c5oc6c([2H])c([2H])c([2H])c([2H])c6c45)c4c([2H])c([2H])c([2H])c([2H])c34)c([2H])c1C2(C)C.[2H]c1c([2H])c([2H])c2c(oc3c([2H])c([2H])c([2H])c(-c4c5c([2H])c([2H])c([2H])c([2H])c5c(-c5c([2H])c([2H])c([2H])c6c5c([2H])c([2H])c5c([2H])c([2H])c([2H])c([2H])c56)c5c([2H])c([2H])c([2H])c([2H])c45)c32)c1[2H]. The molecule has 2 aromatic heterocycles. The van der Waals surface area contributed by atoms with Gasteiger partial charge in [-0.25, -0.2) is 0 Å². The van der Waals surface area contributed by atoms with Crippen LogP contribution < -0.4 is 0 Å². The molecule has 1 aliphatic carbocycles. The van der Waals surface area contributed by atoms with Gasteiger partial charge in [-0.05, 0) is 162 Å². The minimum absolute atomic E-state index is 0.0160. The largest absolute Gasteiger partial charge is 0.456 e. The van der Waals surface area contributed by atoms with Crippen LogP contribution >= 0.6 is 0 Å². The van der Waals surface area contributed by atoms with Crippen LogP contribution in [0.1, 0.15) is 88.0 Å². The summed E-state index contributed by atoms with van der Waals surface area (Å²) in [4.78, 5) is 0. The summed E-state index contributed by atoms with van der Waals surface area (Å²) in [6.07, 6.45) is 0. The monoisotopic (exact) mass is 1100 g/mol. The van der Waals surface area contributed by atoms with Crippen molar-refractivity contribution in [2.45, 2.75) is 19.3 Å². The standard InChI is InChI=1S/C41H28O.C40H24O/c1-41(2)34-19-9-7-12-26(34)27-23-22-25(24-35(27)41)38-28-13-3-5-15-30(28)39(31-16-6-4-14-29(31)38)33-18-11-21-37-40(33)32-17-8-10-20-36(32)42-37;1-2-12-26-25(11-1)23-24-28-27(26)18-9-19-29(28)38-30-13-3-5-15-32(30)39(33-16-6-4-14-31(33)38)35-20-10-22-37-40(35)34-17-7-8-21-36(34)41-37/h3-24H,1-2H3;1-24H/i3D,4D,5D,6D,7D,8D,9D,10D,11D,12D,13D,14D,15D,16D,17D,18D,19D,20D,21D,22D,23D,24D;1D,2D,3D,4D,5D,6D,7D,8D,9D,10D,11D,12D,13D,14D,15D,16D,17D,18D,19D,20D,21D,22D,23D,24D. The summed E-state index contributed by atoms with van der Waals surface area (Å²) >= 11 is 0. The van der Waals surface area contributed by atoms with Gasteiger partial charge in [0.05, 0.1) is 63.1 Å². The van der Waals surface area contributed by atoms with Gasteiger partial charge < -0.3 is 8.83 Å². The Kier molecular flexibility index (Phi) is 4.50. The number of benzene rings is 15. The van der Waals surface area contributed by atoms with Crippen molar-refractivity contribution in [3.05, 3.63) is 289 Å². The maximum absolute atomic E-state index is 9.87. The molecule has 0 saturated heterocycles. The Bertz CT molecular complexity index is 8230. The van der Waals surface area contributed by atoms with E-state index < -0.39 is 436 Å². The molecule has 17 aromatic rings. The number of rotatable bonds is 4. The number of fused-ring (bicyclic) bond motifs is 16. The van der Waals surface area contributed by atoms with Crippen molar-refractivity contribution in [2.24, 2.45) is 0 Å². The van der Waals surface area contributed by atoms with Gasteiger partial charge >= 0.3 is 0 Å². The number of para-hydroxylation sites is 2. The highest BCUT2D eigenvalue weighted by atomic mass is 16.3. The van der Waals surface area contributed by atoms with Gasteiger partial charge in [-0.3, -0.25) is 0 Å². The topological polar surface area (TPSA) is 26.3 Å². The molecular weight excluding hydrogens is 1000 g/mol. The van der Waals surface area contributed by atoms with Crippen molar-refractivity contribution in [1.82, 2.24) is 0 Å². The highest BCUT2D eigenvalue weighted by molar-refractivity contribution is 6.29. The minimum Gasteiger partial charge on any atom is -0.456 e. The van der Waals surface area contributed by atoms with Crippen molar-refractivity contribution < 1.29 is 71.9 Å². The predicted octanol–water partition coefficient (Wildman–Crippen LogP) is 23.1. The minimum atomic E-state index is -1.49. The first-order valence-corrected chi connectivity index (χ1v) is 25.1. The van der Waals surface area contributed by atoms with Crippen LogP contribution in [0.25, 0.3) is 164 Å². The van der Waals surface area contributed by atoms with E-state index in [-0.39, 0.29) is 22.3 Å². The van der Waals surface area contributed by atoms with E-state index in [1.807, 2.05) is 0 Å². The molecule has 2 nitrogen and oxygen atoms in total. The van der Waals surface area contributed by atoms with E-state index in [0.717, 1.165) is 0 Å². The second-order valence-corrected chi connectivity index (χ2v) is 19.4. The summed E-state index contributed by atoms with van der Waals surface area (Å²) < 4.78 is 424. The molecule has 388 valence electrons. The van der Waals surface area contributed by atoms with Gasteiger partial charge in [-0.15, -0.1) is 0 Å². The molecular formula is C81H52O2. The number of hydrogen-bond donors (Lipinski definition) is 0. The normalized spacial score (nSPS) is 20.6. The summed E-state index contributed by atoms with van der Waals surface area (Å²) in [7, 11) is 0. The molecule has 0 saturated carbocycles. The van der Waals surface area contributed by atoms with E-state index in [0.29, 0.717) is 0 Å². The molecule has 0 atom stereocenters. The average Bonchev–Trinajstić information content (AvgIpc) is 1.31. The number of hydrogen-bond acceptors (Lipinski definition) is 2. The van der Waals surface area contributed by atoms with Crippen LogP contribution in [0.15, 0.2) is 287 Å². The molecule has 0 aliphatic heterocycles. The Hall–Kier alpha value is -10.5. The first kappa shape index (κ1) is 20.5. The molecule has 0 fully saturated rings. The van der Waals surface area contributed by atoms with Crippen molar-refractivity contribution in [1.29, 1.82) is 0 Å². The second-order valence-electron chi connectivity index (χ2n) is 19.4. The van der Waals surface area contributed by atoms with E-state index in [4.69, 9.17) is 51.3 Å². The van der Waals surface area contributed by atoms with Crippen molar-refractivity contribution >= 4 is 109 Å². The van der Waals surface area contributed by atoms with Gasteiger partial charge in [0, 0.05) is 27.0 Å². The van der Waals surface area contributed by atoms with Crippen LogP contribution in [0, 0.1) is 0 Å². The molecule has 0 amide bonds. The van der Waals surface area contributed by atoms with E-state index in [9.17, 15) is 20.6 Å². The third-order valence-electron chi connectivity index (χ3n) is 14.8. The van der Waals surface area contributed by atoms with E-state index in [2.05, 4.69) is 0 Å². The fraction of sp³-hybridized carbons (Fsp3) is 0.0370. The molecule has 0 spiro atoms. The molecule has 1 aliphatic rings. The zero-order valence-electron chi connectivity index (χ0n) is 88.3. The Morgan fingerprint density at radius 3 is 1.17 bits per heavy atom. The lowest BCUT2D eigenvalue weighted by molar-refractivity contribution is 0.660. The highest BCUT2D eigenvalue weighted by Gasteiger charge is 2.35. The summed E-state index contributed by atoms with van der Waals surface area (Å²) in [6, 6.07) is -37.5. The molecule has 2 heteroatoms. The third-order valence-corrected chi connectivity index (χ3v) is 14.8. The summed E-state index contributed by atoms with van der Waals surface area (Å²) in [5, 5.41) is -8.92.